The Balaban J connectivity index is 1.88. The average molecular weight is 326 g/mol. The summed E-state index contributed by atoms with van der Waals surface area (Å²) in [5.41, 5.74) is 0.902. The number of rotatable bonds is 4. The van der Waals surface area contributed by atoms with Crippen LogP contribution in [0.4, 0.5) is 4.79 Å². The van der Waals surface area contributed by atoms with Gasteiger partial charge in [-0.15, -0.1) is 0 Å². The molecule has 122 valence electrons. The average Bonchev–Trinajstić information content (AvgIpc) is 3.13. The number of carbonyl (C=O) groups is 3. The van der Waals surface area contributed by atoms with E-state index >= 15 is 0 Å². The minimum atomic E-state index is -1.02. The van der Waals surface area contributed by atoms with Crippen molar-refractivity contribution in [3.05, 3.63) is 53.4 Å². The van der Waals surface area contributed by atoms with Gasteiger partial charge in [-0.2, -0.15) is 0 Å². The van der Waals surface area contributed by atoms with E-state index in [0.29, 0.717) is 17.1 Å². The molecule has 0 radical (unpaired) electrons. The Labute approximate surface area is 137 Å². The highest BCUT2D eigenvalue weighted by atomic mass is 16.4. The molecule has 0 aliphatic carbocycles. The van der Waals surface area contributed by atoms with E-state index < -0.39 is 17.9 Å². The van der Waals surface area contributed by atoms with Gasteiger partial charge < -0.3 is 14.8 Å². The lowest BCUT2D eigenvalue weighted by Gasteiger charge is -2.05. The predicted molar refractivity (Wildman–Crippen MR) is 85.0 cm³/mol. The number of amides is 3. The van der Waals surface area contributed by atoms with Crippen molar-refractivity contribution in [2.75, 3.05) is 6.54 Å². The van der Waals surface area contributed by atoms with Crippen LogP contribution in [0.2, 0.25) is 0 Å². The van der Waals surface area contributed by atoms with Crippen molar-refractivity contribution in [3.63, 3.8) is 0 Å². The van der Waals surface area contributed by atoms with Crippen LogP contribution >= 0.6 is 0 Å². The molecule has 1 aliphatic rings. The quantitative estimate of drug-likeness (QED) is 0.664. The number of aromatic carboxylic acids is 1. The van der Waals surface area contributed by atoms with Crippen molar-refractivity contribution < 1.29 is 23.9 Å². The SMILES string of the molecule is CCN1C(=O)NC(=Cc2ccc(-c3cccc(C(=O)O)c3)o2)C1=O. The van der Waals surface area contributed by atoms with Gasteiger partial charge >= 0.3 is 12.0 Å². The van der Waals surface area contributed by atoms with E-state index in [1.165, 1.54) is 18.2 Å². The minimum absolute atomic E-state index is 0.141. The number of carbonyl (C=O) groups excluding carboxylic acids is 2. The van der Waals surface area contributed by atoms with Gasteiger partial charge in [0, 0.05) is 18.2 Å². The lowest BCUT2D eigenvalue weighted by molar-refractivity contribution is -0.122. The Morgan fingerprint density at radius 2 is 2.08 bits per heavy atom. The van der Waals surface area contributed by atoms with Gasteiger partial charge in [-0.05, 0) is 31.2 Å². The Kier molecular flexibility index (Phi) is 3.91. The molecule has 0 bridgehead atoms. The summed E-state index contributed by atoms with van der Waals surface area (Å²) in [6, 6.07) is 9.19. The number of benzene rings is 1. The monoisotopic (exact) mass is 326 g/mol. The number of hydrogen-bond acceptors (Lipinski definition) is 4. The molecule has 7 heteroatoms. The van der Waals surface area contributed by atoms with E-state index in [-0.39, 0.29) is 17.8 Å². The standard InChI is InChI=1S/C17H14N2O5/c1-2-19-15(20)13(18-17(19)23)9-12-6-7-14(24-12)10-4-3-5-11(8-10)16(21)22/h3-9H,2H2,1H3,(H,18,23)(H,21,22). The summed E-state index contributed by atoms with van der Waals surface area (Å²) in [4.78, 5) is 35.7. The molecule has 1 aromatic heterocycles. The number of likely N-dealkylation sites (N-methyl/N-ethyl adjacent to an activating group) is 1. The second-order valence-electron chi connectivity index (χ2n) is 5.13. The fourth-order valence-electron chi connectivity index (χ4n) is 2.39. The number of carboxylic acid groups (broad SMARTS) is 1. The van der Waals surface area contributed by atoms with Gasteiger partial charge in [0.25, 0.3) is 5.91 Å². The van der Waals surface area contributed by atoms with Crippen molar-refractivity contribution >= 4 is 24.0 Å². The molecule has 1 fully saturated rings. The van der Waals surface area contributed by atoms with E-state index in [1.807, 2.05) is 0 Å². The highest BCUT2D eigenvalue weighted by molar-refractivity contribution is 6.13. The molecule has 0 saturated carbocycles. The van der Waals surface area contributed by atoms with E-state index in [4.69, 9.17) is 9.52 Å². The van der Waals surface area contributed by atoms with Crippen molar-refractivity contribution in [3.8, 4) is 11.3 Å². The fourth-order valence-corrected chi connectivity index (χ4v) is 2.39. The Morgan fingerprint density at radius 1 is 1.29 bits per heavy atom. The maximum atomic E-state index is 12.0. The molecule has 3 amide bonds. The molecule has 1 aliphatic heterocycles. The van der Waals surface area contributed by atoms with Crippen LogP contribution in [0, 0.1) is 0 Å². The van der Waals surface area contributed by atoms with Crippen LogP contribution < -0.4 is 5.32 Å². The lowest BCUT2D eigenvalue weighted by Crippen LogP contribution is -2.30. The highest BCUT2D eigenvalue weighted by Crippen LogP contribution is 2.25. The molecule has 3 rings (SSSR count). The zero-order valence-electron chi connectivity index (χ0n) is 12.8. The largest absolute Gasteiger partial charge is 0.478 e. The molecule has 7 nitrogen and oxygen atoms in total. The number of carboxylic acids is 1. The fraction of sp³-hybridized carbons (Fsp3) is 0.118. The molecular weight excluding hydrogens is 312 g/mol. The number of furan rings is 1. The molecule has 2 heterocycles. The normalized spacial score (nSPS) is 15.9. The topological polar surface area (TPSA) is 99.8 Å². The summed E-state index contributed by atoms with van der Waals surface area (Å²) in [5.74, 6) is -0.584. The zero-order chi connectivity index (χ0) is 17.3. The van der Waals surface area contributed by atoms with Crippen LogP contribution in [-0.2, 0) is 4.79 Å². The molecular formula is C17H14N2O5. The van der Waals surface area contributed by atoms with E-state index in [1.54, 1.807) is 31.2 Å². The number of urea groups is 1. The van der Waals surface area contributed by atoms with Crippen molar-refractivity contribution in [1.82, 2.24) is 10.2 Å². The first-order valence-electron chi connectivity index (χ1n) is 7.27. The molecule has 2 aromatic rings. The van der Waals surface area contributed by atoms with Crippen LogP contribution in [0.25, 0.3) is 17.4 Å². The third-order valence-electron chi connectivity index (χ3n) is 3.59. The summed E-state index contributed by atoms with van der Waals surface area (Å²) in [7, 11) is 0. The second kappa shape index (κ2) is 6.04. The second-order valence-corrected chi connectivity index (χ2v) is 5.13. The van der Waals surface area contributed by atoms with Gasteiger partial charge in [0.2, 0.25) is 0 Å². The van der Waals surface area contributed by atoms with Crippen molar-refractivity contribution in [2.45, 2.75) is 6.92 Å². The molecule has 1 saturated heterocycles. The number of hydrogen-bond donors (Lipinski definition) is 2. The first kappa shape index (κ1) is 15.5. The maximum Gasteiger partial charge on any atom is 0.335 e. The zero-order valence-corrected chi connectivity index (χ0v) is 12.8. The molecule has 0 atom stereocenters. The molecule has 0 unspecified atom stereocenters. The molecule has 1 aromatic carbocycles. The van der Waals surface area contributed by atoms with Gasteiger partial charge in [-0.25, -0.2) is 9.59 Å². The Bertz CT molecular complexity index is 865. The van der Waals surface area contributed by atoms with Crippen LogP contribution in [0.15, 0.2) is 46.5 Å². The van der Waals surface area contributed by atoms with E-state index in [9.17, 15) is 14.4 Å². The Hall–Kier alpha value is -3.35. The molecule has 0 spiro atoms. The van der Waals surface area contributed by atoms with Gasteiger partial charge in [-0.1, -0.05) is 12.1 Å². The van der Waals surface area contributed by atoms with Gasteiger partial charge in [0.15, 0.2) is 0 Å². The molecule has 24 heavy (non-hydrogen) atoms. The summed E-state index contributed by atoms with van der Waals surface area (Å²) in [6.45, 7) is 1.99. The third kappa shape index (κ3) is 2.79. The van der Waals surface area contributed by atoms with Gasteiger partial charge in [-0.3, -0.25) is 9.69 Å². The number of nitrogens with one attached hydrogen (secondary N) is 1. The lowest BCUT2D eigenvalue weighted by atomic mass is 10.1. The van der Waals surface area contributed by atoms with Crippen molar-refractivity contribution in [2.24, 2.45) is 0 Å². The van der Waals surface area contributed by atoms with Crippen LogP contribution in [0.5, 0.6) is 0 Å². The maximum absolute atomic E-state index is 12.0. The third-order valence-corrected chi connectivity index (χ3v) is 3.59. The van der Waals surface area contributed by atoms with E-state index in [2.05, 4.69) is 5.32 Å². The number of imide groups is 1. The first-order valence-corrected chi connectivity index (χ1v) is 7.27. The summed E-state index contributed by atoms with van der Waals surface area (Å²) in [6.07, 6.45) is 1.44. The van der Waals surface area contributed by atoms with Gasteiger partial charge in [0.1, 0.15) is 17.2 Å². The number of nitrogens with zero attached hydrogens (tertiary/aromatic N) is 1. The smallest absolute Gasteiger partial charge is 0.335 e. The van der Waals surface area contributed by atoms with Crippen LogP contribution in [0.3, 0.4) is 0 Å². The predicted octanol–water partition coefficient (Wildman–Crippen LogP) is 2.56. The summed E-state index contributed by atoms with van der Waals surface area (Å²) in [5, 5.41) is 11.5. The summed E-state index contributed by atoms with van der Waals surface area (Å²) < 4.78 is 5.63. The van der Waals surface area contributed by atoms with Crippen LogP contribution in [-0.4, -0.2) is 34.5 Å². The van der Waals surface area contributed by atoms with Gasteiger partial charge in [0.05, 0.1) is 5.56 Å². The van der Waals surface area contributed by atoms with Crippen LogP contribution in [0.1, 0.15) is 23.0 Å². The highest BCUT2D eigenvalue weighted by Gasteiger charge is 2.32. The minimum Gasteiger partial charge on any atom is -0.478 e. The van der Waals surface area contributed by atoms with Crippen molar-refractivity contribution in [1.29, 1.82) is 0 Å². The van der Waals surface area contributed by atoms with E-state index in [0.717, 1.165) is 4.90 Å². The Morgan fingerprint density at radius 3 is 2.75 bits per heavy atom. The first-order chi connectivity index (χ1) is 11.5. The molecule has 2 N–H and O–H groups in total. The summed E-state index contributed by atoms with van der Waals surface area (Å²) >= 11 is 0.